The van der Waals surface area contributed by atoms with E-state index in [1.54, 1.807) is 7.11 Å². The van der Waals surface area contributed by atoms with Crippen molar-refractivity contribution < 1.29 is 9.37 Å². The second kappa shape index (κ2) is 5.22. The summed E-state index contributed by atoms with van der Waals surface area (Å²) in [5.74, 6) is 0. The molecule has 0 aliphatic carbocycles. The van der Waals surface area contributed by atoms with Gasteiger partial charge in [-0.3, -0.25) is 0 Å². The Kier molecular flexibility index (Phi) is 3.66. The molecule has 0 saturated heterocycles. The van der Waals surface area contributed by atoms with Gasteiger partial charge in [-0.2, -0.15) is 0 Å². The van der Waals surface area contributed by atoms with E-state index in [0.29, 0.717) is 23.3 Å². The Morgan fingerprint density at radius 3 is 2.78 bits per heavy atom. The number of likely N-dealkylation sites (N-methyl/N-ethyl adjacent to an activating group) is 1. The van der Waals surface area contributed by atoms with Crippen molar-refractivity contribution in [2.24, 2.45) is 0 Å². The third kappa shape index (κ3) is 2.11. The second-order valence-corrected chi connectivity index (χ2v) is 4.23. The van der Waals surface area contributed by atoms with Gasteiger partial charge in [0.1, 0.15) is 0 Å². The number of nitrogens with zero attached hydrogens (tertiary/aromatic N) is 3. The van der Waals surface area contributed by atoms with Crippen LogP contribution in [-0.4, -0.2) is 36.6 Å². The highest BCUT2D eigenvalue weighted by Crippen LogP contribution is 2.29. The van der Waals surface area contributed by atoms with E-state index in [2.05, 4.69) is 29.1 Å². The molecule has 0 amide bonds. The predicted octanol–water partition coefficient (Wildman–Crippen LogP) is 1.67. The number of nitrogens with two attached hydrogens (primary N) is 1. The van der Waals surface area contributed by atoms with Gasteiger partial charge in [-0.05, 0) is 36.3 Å². The zero-order valence-electron chi connectivity index (χ0n) is 10.9. The maximum Gasteiger partial charge on any atom is 0.160 e. The lowest BCUT2D eigenvalue weighted by Gasteiger charge is -2.29. The topological polar surface area (TPSA) is 77.4 Å². The van der Waals surface area contributed by atoms with Gasteiger partial charge in [-0.1, -0.05) is 0 Å². The number of hydrogen-bond donors (Lipinski definition) is 1. The molecular weight excluding hydrogens is 232 g/mol. The number of hydrogen-bond acceptors (Lipinski definition) is 6. The predicted molar refractivity (Wildman–Crippen MR) is 70.6 cm³/mol. The maximum atomic E-state index is 5.84. The van der Waals surface area contributed by atoms with E-state index in [1.165, 1.54) is 0 Å². The molecule has 0 radical (unpaired) electrons. The fourth-order valence-corrected chi connectivity index (χ4v) is 2.16. The van der Waals surface area contributed by atoms with Gasteiger partial charge in [0.05, 0.1) is 18.0 Å². The molecule has 2 N–H and O–H groups in total. The summed E-state index contributed by atoms with van der Waals surface area (Å²) >= 11 is 0. The van der Waals surface area contributed by atoms with Crippen LogP contribution >= 0.6 is 0 Å². The summed E-state index contributed by atoms with van der Waals surface area (Å²) in [6, 6.07) is 4.00. The van der Waals surface area contributed by atoms with Crippen LogP contribution in [0.4, 0.5) is 11.4 Å². The summed E-state index contributed by atoms with van der Waals surface area (Å²) in [5, 5.41) is 7.77. The molecule has 6 nitrogen and oxygen atoms in total. The molecule has 0 saturated carbocycles. The van der Waals surface area contributed by atoms with Crippen LogP contribution in [0.2, 0.25) is 0 Å². The molecule has 2 rings (SSSR count). The number of nitrogen functional groups attached to an aromatic ring is 1. The number of rotatable bonds is 5. The third-order valence-corrected chi connectivity index (χ3v) is 3.02. The lowest BCUT2D eigenvalue weighted by Crippen LogP contribution is -2.36. The molecular formula is C12H18N4O2. The zero-order valence-corrected chi connectivity index (χ0v) is 10.9. The molecule has 1 aromatic carbocycles. The summed E-state index contributed by atoms with van der Waals surface area (Å²) < 4.78 is 9.98. The van der Waals surface area contributed by atoms with E-state index in [-0.39, 0.29) is 6.04 Å². The molecule has 98 valence electrons. The van der Waals surface area contributed by atoms with Crippen molar-refractivity contribution >= 4 is 22.4 Å². The third-order valence-electron chi connectivity index (χ3n) is 3.02. The van der Waals surface area contributed by atoms with Gasteiger partial charge in [-0.15, -0.1) is 0 Å². The van der Waals surface area contributed by atoms with Crippen LogP contribution in [0.25, 0.3) is 11.0 Å². The Morgan fingerprint density at radius 2 is 2.11 bits per heavy atom. The first kappa shape index (κ1) is 12.6. The summed E-state index contributed by atoms with van der Waals surface area (Å²) in [5.41, 5.74) is 8.68. The standard InChI is InChI=1S/C12H18N4O2/c1-4-16(8(2)7-17-3)10-6-5-9(13)11-12(10)15-18-14-11/h5-6,8H,4,7,13H2,1-3H3. The van der Waals surface area contributed by atoms with E-state index < -0.39 is 0 Å². The summed E-state index contributed by atoms with van der Waals surface area (Å²) in [6.07, 6.45) is 0. The van der Waals surface area contributed by atoms with Gasteiger partial charge in [0.2, 0.25) is 0 Å². The average Bonchev–Trinajstić information content (AvgIpc) is 2.83. The Balaban J connectivity index is 2.45. The van der Waals surface area contributed by atoms with E-state index in [0.717, 1.165) is 12.2 Å². The Bertz CT molecular complexity index is 526. The first-order chi connectivity index (χ1) is 8.69. The van der Waals surface area contributed by atoms with Crippen molar-refractivity contribution in [3.8, 4) is 0 Å². The molecule has 18 heavy (non-hydrogen) atoms. The van der Waals surface area contributed by atoms with Crippen molar-refractivity contribution in [1.82, 2.24) is 10.3 Å². The molecule has 6 heteroatoms. The Labute approximate surface area is 106 Å². The van der Waals surface area contributed by atoms with Crippen molar-refractivity contribution in [3.05, 3.63) is 12.1 Å². The lowest BCUT2D eigenvalue weighted by atomic mass is 10.2. The highest BCUT2D eigenvalue weighted by atomic mass is 16.6. The van der Waals surface area contributed by atoms with Gasteiger partial charge in [-0.25, -0.2) is 4.63 Å². The van der Waals surface area contributed by atoms with E-state index in [1.807, 2.05) is 12.1 Å². The molecule has 0 aliphatic heterocycles. The lowest BCUT2D eigenvalue weighted by molar-refractivity contribution is 0.182. The summed E-state index contributed by atoms with van der Waals surface area (Å²) in [6.45, 7) is 5.67. The Hall–Kier alpha value is -1.82. The van der Waals surface area contributed by atoms with Crippen LogP contribution in [0.3, 0.4) is 0 Å². The minimum atomic E-state index is 0.239. The molecule has 1 atom stereocenters. The van der Waals surface area contributed by atoms with Crippen LogP contribution in [0, 0.1) is 0 Å². The molecule has 1 unspecified atom stereocenters. The van der Waals surface area contributed by atoms with E-state index in [4.69, 9.17) is 15.1 Å². The summed E-state index contributed by atoms with van der Waals surface area (Å²) in [4.78, 5) is 2.19. The second-order valence-electron chi connectivity index (χ2n) is 4.23. The first-order valence-corrected chi connectivity index (χ1v) is 5.95. The van der Waals surface area contributed by atoms with Crippen LogP contribution in [0.1, 0.15) is 13.8 Å². The number of methoxy groups -OCH3 is 1. The van der Waals surface area contributed by atoms with Gasteiger partial charge < -0.3 is 15.4 Å². The largest absolute Gasteiger partial charge is 0.397 e. The molecule has 1 heterocycles. The number of benzene rings is 1. The molecule has 0 aliphatic rings. The highest BCUT2D eigenvalue weighted by Gasteiger charge is 2.18. The van der Waals surface area contributed by atoms with Crippen LogP contribution in [-0.2, 0) is 4.74 Å². The van der Waals surface area contributed by atoms with Crippen LogP contribution < -0.4 is 10.6 Å². The SMILES string of the molecule is CCN(c1ccc(N)c2nonc12)C(C)COC. The van der Waals surface area contributed by atoms with Crippen molar-refractivity contribution in [1.29, 1.82) is 0 Å². The van der Waals surface area contributed by atoms with Gasteiger partial charge in [0, 0.05) is 19.7 Å². The van der Waals surface area contributed by atoms with Crippen molar-refractivity contribution in [3.63, 3.8) is 0 Å². The smallest absolute Gasteiger partial charge is 0.160 e. The van der Waals surface area contributed by atoms with Crippen LogP contribution in [0.15, 0.2) is 16.8 Å². The van der Waals surface area contributed by atoms with Gasteiger partial charge in [0.15, 0.2) is 11.0 Å². The number of aromatic nitrogens is 2. The fraction of sp³-hybridized carbons (Fsp3) is 0.500. The van der Waals surface area contributed by atoms with Crippen LogP contribution in [0.5, 0.6) is 0 Å². The zero-order chi connectivity index (χ0) is 13.1. The van der Waals surface area contributed by atoms with Gasteiger partial charge >= 0.3 is 0 Å². The molecule has 0 bridgehead atoms. The van der Waals surface area contributed by atoms with E-state index >= 15 is 0 Å². The maximum absolute atomic E-state index is 5.84. The minimum Gasteiger partial charge on any atom is -0.397 e. The fourth-order valence-electron chi connectivity index (χ4n) is 2.16. The first-order valence-electron chi connectivity index (χ1n) is 5.95. The Morgan fingerprint density at radius 1 is 1.39 bits per heavy atom. The van der Waals surface area contributed by atoms with Crippen molar-refractivity contribution in [2.75, 3.05) is 30.9 Å². The highest BCUT2D eigenvalue weighted by molar-refractivity contribution is 5.95. The van der Waals surface area contributed by atoms with Gasteiger partial charge in [0.25, 0.3) is 0 Å². The molecule has 0 spiro atoms. The number of fused-ring (bicyclic) bond motifs is 1. The molecule has 0 fully saturated rings. The normalized spacial score (nSPS) is 12.8. The molecule has 2 aromatic rings. The number of anilines is 2. The monoisotopic (exact) mass is 250 g/mol. The quantitative estimate of drug-likeness (QED) is 0.813. The average molecular weight is 250 g/mol. The molecule has 1 aromatic heterocycles. The minimum absolute atomic E-state index is 0.239. The van der Waals surface area contributed by atoms with E-state index in [9.17, 15) is 0 Å². The number of ether oxygens (including phenoxy) is 1. The summed E-state index contributed by atoms with van der Waals surface area (Å²) in [7, 11) is 1.70. The van der Waals surface area contributed by atoms with Crippen molar-refractivity contribution in [2.45, 2.75) is 19.9 Å².